The number of ether oxygens (including phenoxy) is 1. The van der Waals surface area contributed by atoms with E-state index in [9.17, 15) is 18.0 Å². The summed E-state index contributed by atoms with van der Waals surface area (Å²) in [5.74, 6) is -1.01. The zero-order chi connectivity index (χ0) is 22.8. The van der Waals surface area contributed by atoms with Crippen LogP contribution in [0.4, 0.5) is 11.5 Å². The van der Waals surface area contributed by atoms with Gasteiger partial charge in [0.05, 0.1) is 23.8 Å². The molecule has 0 atom stereocenters. The number of sulfonamides is 1. The van der Waals surface area contributed by atoms with Crippen LogP contribution in [0.25, 0.3) is 0 Å². The maximum atomic E-state index is 13.1. The highest BCUT2D eigenvalue weighted by Crippen LogP contribution is 2.26. The molecule has 1 amide bonds. The average molecular weight is 442 g/mol. The lowest BCUT2D eigenvalue weighted by molar-refractivity contribution is 0.0600. The molecule has 9 nitrogen and oxygen atoms in total. The van der Waals surface area contributed by atoms with Crippen molar-refractivity contribution in [1.82, 2.24) is 9.78 Å². The predicted molar refractivity (Wildman–Crippen MR) is 116 cm³/mol. The Bertz CT molecular complexity index is 1230. The van der Waals surface area contributed by atoms with E-state index in [0.29, 0.717) is 5.69 Å². The molecule has 162 valence electrons. The molecule has 2 aromatic carbocycles. The predicted octanol–water partition coefficient (Wildman–Crippen LogP) is 2.59. The molecule has 0 aliphatic rings. The summed E-state index contributed by atoms with van der Waals surface area (Å²) in [5, 5.41) is 6.72. The molecule has 1 heterocycles. The Morgan fingerprint density at radius 1 is 1.13 bits per heavy atom. The minimum atomic E-state index is -3.92. The van der Waals surface area contributed by atoms with Gasteiger partial charge in [-0.2, -0.15) is 5.10 Å². The summed E-state index contributed by atoms with van der Waals surface area (Å²) in [6, 6.07) is 12.6. The van der Waals surface area contributed by atoms with Crippen LogP contribution < -0.4 is 9.62 Å². The average Bonchev–Trinajstić information content (AvgIpc) is 3.14. The summed E-state index contributed by atoms with van der Waals surface area (Å²) in [6.45, 7) is 1.86. The maximum Gasteiger partial charge on any atom is 0.337 e. The number of nitrogens with one attached hydrogen (secondary N) is 1. The summed E-state index contributed by atoms with van der Waals surface area (Å²) in [6.07, 6.45) is 1.29. The van der Waals surface area contributed by atoms with Gasteiger partial charge in [0.25, 0.3) is 15.9 Å². The highest BCUT2D eigenvalue weighted by atomic mass is 32.2. The van der Waals surface area contributed by atoms with Crippen LogP contribution in [0.2, 0.25) is 0 Å². The fourth-order valence-corrected chi connectivity index (χ4v) is 4.23. The first-order valence-corrected chi connectivity index (χ1v) is 10.7. The number of rotatable bonds is 6. The van der Waals surface area contributed by atoms with E-state index in [4.69, 9.17) is 0 Å². The molecule has 31 heavy (non-hydrogen) atoms. The smallest absolute Gasteiger partial charge is 0.337 e. The Hall–Kier alpha value is -3.66. The van der Waals surface area contributed by atoms with Crippen LogP contribution in [0.5, 0.6) is 0 Å². The second-order valence-electron chi connectivity index (χ2n) is 6.82. The molecule has 1 aromatic heterocycles. The van der Waals surface area contributed by atoms with Gasteiger partial charge in [-0.1, -0.05) is 23.8 Å². The van der Waals surface area contributed by atoms with Gasteiger partial charge in [-0.3, -0.25) is 13.8 Å². The van der Waals surface area contributed by atoms with E-state index in [2.05, 4.69) is 15.2 Å². The standard InChI is InChI=1S/C21H22N4O5S/c1-14-8-10-17(11-9-14)31(28,29)25(3)20-18(13-22-24(20)2)19(26)23-16-7-5-6-15(12-16)21(27)30-4/h5-13H,1-4H3,(H,23,26). The summed E-state index contributed by atoms with van der Waals surface area (Å²) >= 11 is 0. The van der Waals surface area contributed by atoms with Crippen LogP contribution in [0.3, 0.4) is 0 Å². The van der Waals surface area contributed by atoms with Crippen LogP contribution in [-0.2, 0) is 21.8 Å². The van der Waals surface area contributed by atoms with Crippen molar-refractivity contribution in [2.45, 2.75) is 11.8 Å². The third-order valence-corrected chi connectivity index (χ3v) is 6.43. The third kappa shape index (κ3) is 4.43. The highest BCUT2D eigenvalue weighted by Gasteiger charge is 2.28. The third-order valence-electron chi connectivity index (χ3n) is 4.67. The minimum absolute atomic E-state index is 0.0594. The van der Waals surface area contributed by atoms with Crippen molar-refractivity contribution >= 4 is 33.4 Å². The molecular formula is C21H22N4O5S. The van der Waals surface area contributed by atoms with Gasteiger partial charge in [-0.15, -0.1) is 0 Å². The summed E-state index contributed by atoms with van der Waals surface area (Å²) in [4.78, 5) is 24.7. The number of hydrogen-bond acceptors (Lipinski definition) is 6. The summed E-state index contributed by atoms with van der Waals surface area (Å²) in [5.41, 5.74) is 1.61. The topological polar surface area (TPSA) is 111 Å². The van der Waals surface area contributed by atoms with Gasteiger partial charge in [-0.25, -0.2) is 13.2 Å². The molecule has 0 saturated heterocycles. The van der Waals surface area contributed by atoms with Crippen LogP contribution in [0.1, 0.15) is 26.3 Å². The number of methoxy groups -OCH3 is 1. The van der Waals surface area contributed by atoms with Crippen LogP contribution in [0.15, 0.2) is 59.6 Å². The molecule has 0 aliphatic heterocycles. The van der Waals surface area contributed by atoms with Crippen molar-refractivity contribution in [3.05, 3.63) is 71.4 Å². The largest absolute Gasteiger partial charge is 0.465 e. The van der Waals surface area contributed by atoms with Crippen LogP contribution >= 0.6 is 0 Å². The molecule has 0 bridgehead atoms. The lowest BCUT2D eigenvalue weighted by Crippen LogP contribution is -2.30. The van der Waals surface area contributed by atoms with Gasteiger partial charge in [0.1, 0.15) is 5.56 Å². The Morgan fingerprint density at radius 2 is 1.81 bits per heavy atom. The van der Waals surface area contributed by atoms with Crippen molar-refractivity contribution in [2.75, 3.05) is 23.8 Å². The summed E-state index contributed by atoms with van der Waals surface area (Å²) < 4.78 is 33.2. The molecule has 3 aromatic rings. The fourth-order valence-electron chi connectivity index (χ4n) is 2.99. The molecule has 0 aliphatic carbocycles. The van der Waals surface area contributed by atoms with Gasteiger partial charge in [-0.05, 0) is 37.3 Å². The first-order chi connectivity index (χ1) is 14.6. The molecule has 0 spiro atoms. The normalized spacial score (nSPS) is 11.1. The number of carbonyl (C=O) groups excluding carboxylic acids is 2. The molecule has 1 N–H and O–H groups in total. The van der Waals surface area contributed by atoms with Gasteiger partial charge in [0.2, 0.25) is 0 Å². The van der Waals surface area contributed by atoms with Crippen LogP contribution in [-0.4, -0.2) is 44.2 Å². The molecule has 0 saturated carbocycles. The Labute approximate surface area is 180 Å². The van der Waals surface area contributed by atoms with Gasteiger partial charge in [0, 0.05) is 19.8 Å². The number of aromatic nitrogens is 2. The number of esters is 1. The van der Waals surface area contributed by atoms with Crippen molar-refractivity contribution in [3.63, 3.8) is 0 Å². The number of hydrogen-bond donors (Lipinski definition) is 1. The van der Waals surface area contributed by atoms with E-state index in [1.807, 2.05) is 6.92 Å². The van der Waals surface area contributed by atoms with E-state index in [1.165, 1.54) is 43.2 Å². The minimum Gasteiger partial charge on any atom is -0.465 e. The number of aryl methyl sites for hydroxylation is 2. The fraction of sp³-hybridized carbons (Fsp3) is 0.190. The van der Waals surface area contributed by atoms with Gasteiger partial charge < -0.3 is 10.1 Å². The Morgan fingerprint density at radius 3 is 2.45 bits per heavy atom. The molecule has 10 heteroatoms. The monoisotopic (exact) mass is 442 g/mol. The molecule has 0 unspecified atom stereocenters. The number of carbonyl (C=O) groups is 2. The van der Waals surface area contributed by atoms with E-state index in [-0.39, 0.29) is 21.8 Å². The van der Waals surface area contributed by atoms with E-state index in [1.54, 1.807) is 37.4 Å². The van der Waals surface area contributed by atoms with Crippen molar-refractivity contribution < 1.29 is 22.7 Å². The van der Waals surface area contributed by atoms with Gasteiger partial charge >= 0.3 is 5.97 Å². The zero-order valence-corrected chi connectivity index (χ0v) is 18.3. The highest BCUT2D eigenvalue weighted by molar-refractivity contribution is 7.92. The second kappa shape index (κ2) is 8.60. The zero-order valence-electron chi connectivity index (χ0n) is 17.5. The van der Waals surface area contributed by atoms with Crippen molar-refractivity contribution in [2.24, 2.45) is 7.05 Å². The van der Waals surface area contributed by atoms with Crippen LogP contribution in [0, 0.1) is 6.92 Å². The van der Waals surface area contributed by atoms with E-state index in [0.717, 1.165) is 9.87 Å². The number of benzene rings is 2. The van der Waals surface area contributed by atoms with Crippen molar-refractivity contribution in [3.8, 4) is 0 Å². The molecule has 3 rings (SSSR count). The first-order valence-electron chi connectivity index (χ1n) is 9.22. The number of nitrogens with zero attached hydrogens (tertiary/aromatic N) is 3. The quantitative estimate of drug-likeness (QED) is 0.588. The lowest BCUT2D eigenvalue weighted by Gasteiger charge is -2.21. The molecular weight excluding hydrogens is 420 g/mol. The molecule has 0 radical (unpaired) electrons. The van der Waals surface area contributed by atoms with Crippen molar-refractivity contribution in [1.29, 1.82) is 0 Å². The SMILES string of the molecule is COC(=O)c1cccc(NC(=O)c2cnn(C)c2N(C)S(=O)(=O)c2ccc(C)cc2)c1. The van der Waals surface area contributed by atoms with E-state index < -0.39 is 21.9 Å². The lowest BCUT2D eigenvalue weighted by atomic mass is 10.2. The first kappa shape index (κ1) is 22.0. The second-order valence-corrected chi connectivity index (χ2v) is 8.79. The number of anilines is 2. The van der Waals surface area contributed by atoms with E-state index >= 15 is 0 Å². The number of amides is 1. The Kier molecular flexibility index (Phi) is 6.11. The Balaban J connectivity index is 1.92. The summed E-state index contributed by atoms with van der Waals surface area (Å²) in [7, 11) is 0.252. The molecule has 0 fully saturated rings. The van der Waals surface area contributed by atoms with Gasteiger partial charge in [0.15, 0.2) is 5.82 Å². The maximum absolute atomic E-state index is 13.1.